The molecule has 1 aromatic carbocycles. The number of nitrogen functional groups attached to an aromatic ring is 1. The number of nitrogens with two attached hydrogens (primary N) is 1. The van der Waals surface area contributed by atoms with E-state index in [1.54, 1.807) is 12.1 Å². The van der Waals surface area contributed by atoms with Gasteiger partial charge in [0, 0.05) is 14.1 Å². The molecule has 1 rings (SSSR count). The second-order valence-corrected chi connectivity index (χ2v) is 5.45. The molecule has 14 heavy (non-hydrogen) atoms. The van der Waals surface area contributed by atoms with Crippen LogP contribution in [0.25, 0.3) is 0 Å². The van der Waals surface area contributed by atoms with Gasteiger partial charge in [-0.15, -0.1) is 0 Å². The van der Waals surface area contributed by atoms with Crippen molar-refractivity contribution in [2.75, 3.05) is 19.8 Å². The molecule has 4 nitrogen and oxygen atoms in total. The van der Waals surface area contributed by atoms with E-state index in [0.29, 0.717) is 5.69 Å². The lowest BCUT2D eigenvalue weighted by Gasteiger charge is -2.13. The molecule has 0 unspecified atom stereocenters. The van der Waals surface area contributed by atoms with Crippen molar-refractivity contribution in [2.24, 2.45) is 0 Å². The number of hydrogen-bond acceptors (Lipinski definition) is 3. The Kier molecular flexibility index (Phi) is 2.82. The van der Waals surface area contributed by atoms with Crippen LogP contribution in [0, 0.1) is 6.92 Å². The predicted molar refractivity (Wildman–Crippen MR) is 56.5 cm³/mol. The standard InChI is InChI=1S/C9H14N2O2S/c1-7-4-5-9(8(10)6-7)14(12,13)11(2)3/h4-6H,10H2,1-3H3. The van der Waals surface area contributed by atoms with E-state index < -0.39 is 10.0 Å². The van der Waals surface area contributed by atoms with Crippen LogP contribution < -0.4 is 5.73 Å². The zero-order valence-corrected chi connectivity index (χ0v) is 9.30. The molecule has 78 valence electrons. The summed E-state index contributed by atoms with van der Waals surface area (Å²) in [6, 6.07) is 4.91. The molecule has 0 aliphatic carbocycles. The highest BCUT2D eigenvalue weighted by molar-refractivity contribution is 7.89. The van der Waals surface area contributed by atoms with Crippen LogP contribution in [0.15, 0.2) is 23.1 Å². The molecule has 1 aromatic rings. The van der Waals surface area contributed by atoms with Crippen molar-refractivity contribution in [3.63, 3.8) is 0 Å². The third-order valence-corrected chi connectivity index (χ3v) is 3.81. The van der Waals surface area contributed by atoms with Gasteiger partial charge in [0.15, 0.2) is 0 Å². The minimum Gasteiger partial charge on any atom is -0.398 e. The second kappa shape index (κ2) is 3.59. The number of anilines is 1. The summed E-state index contributed by atoms with van der Waals surface area (Å²) in [7, 11) is -0.454. The van der Waals surface area contributed by atoms with Gasteiger partial charge >= 0.3 is 0 Å². The third kappa shape index (κ3) is 1.88. The van der Waals surface area contributed by atoms with Crippen LogP contribution in [0.2, 0.25) is 0 Å². The number of hydrogen-bond donors (Lipinski definition) is 1. The Hall–Kier alpha value is -1.07. The molecule has 0 aliphatic heterocycles. The quantitative estimate of drug-likeness (QED) is 0.742. The summed E-state index contributed by atoms with van der Waals surface area (Å²) in [5, 5.41) is 0. The van der Waals surface area contributed by atoms with Crippen LogP contribution in [0.4, 0.5) is 5.69 Å². The summed E-state index contributed by atoms with van der Waals surface area (Å²) in [4.78, 5) is 0.160. The molecule has 0 aliphatic rings. The molecular weight excluding hydrogens is 200 g/mol. The Bertz CT molecular complexity index is 438. The number of nitrogens with zero attached hydrogens (tertiary/aromatic N) is 1. The van der Waals surface area contributed by atoms with E-state index >= 15 is 0 Å². The topological polar surface area (TPSA) is 63.4 Å². The molecule has 0 radical (unpaired) electrons. The number of aryl methyl sites for hydroxylation is 1. The molecule has 2 N–H and O–H groups in total. The molecule has 0 fully saturated rings. The van der Waals surface area contributed by atoms with Crippen molar-refractivity contribution in [3.05, 3.63) is 23.8 Å². The van der Waals surface area contributed by atoms with Gasteiger partial charge in [-0.05, 0) is 24.6 Å². The maximum absolute atomic E-state index is 11.7. The van der Waals surface area contributed by atoms with E-state index in [0.717, 1.165) is 9.87 Å². The third-order valence-electron chi connectivity index (χ3n) is 1.92. The van der Waals surface area contributed by atoms with Gasteiger partial charge in [0.25, 0.3) is 0 Å². The molecule has 0 spiro atoms. The Labute approximate surface area is 84.4 Å². The lowest BCUT2D eigenvalue weighted by molar-refractivity contribution is 0.521. The first kappa shape index (κ1) is 11.0. The molecule has 0 saturated carbocycles. The number of rotatable bonds is 2. The summed E-state index contributed by atoms with van der Waals surface area (Å²) in [5.41, 5.74) is 6.87. The number of sulfonamides is 1. The minimum atomic E-state index is -3.42. The summed E-state index contributed by atoms with van der Waals surface area (Å²) in [6.45, 7) is 1.86. The van der Waals surface area contributed by atoms with Crippen LogP contribution in [0.5, 0.6) is 0 Å². The largest absolute Gasteiger partial charge is 0.398 e. The van der Waals surface area contributed by atoms with E-state index in [2.05, 4.69) is 0 Å². The highest BCUT2D eigenvalue weighted by Crippen LogP contribution is 2.21. The molecule has 0 amide bonds. The monoisotopic (exact) mass is 214 g/mol. The Balaban J connectivity index is 3.35. The Morgan fingerprint density at radius 1 is 1.29 bits per heavy atom. The van der Waals surface area contributed by atoms with E-state index in [4.69, 9.17) is 5.73 Å². The predicted octanol–water partition coefficient (Wildman–Crippen LogP) is 0.828. The first-order valence-electron chi connectivity index (χ1n) is 4.14. The number of benzene rings is 1. The summed E-state index contributed by atoms with van der Waals surface area (Å²) < 4.78 is 24.6. The molecule has 5 heteroatoms. The maximum Gasteiger partial charge on any atom is 0.244 e. The summed E-state index contributed by atoms with van der Waals surface area (Å²) >= 11 is 0. The maximum atomic E-state index is 11.7. The summed E-state index contributed by atoms with van der Waals surface area (Å²) in [6.07, 6.45) is 0. The van der Waals surface area contributed by atoms with Crippen LogP contribution in [0.1, 0.15) is 5.56 Å². The van der Waals surface area contributed by atoms with Gasteiger partial charge in [0.2, 0.25) is 10.0 Å². The normalized spacial score (nSPS) is 12.0. The molecule has 0 aromatic heterocycles. The zero-order valence-electron chi connectivity index (χ0n) is 8.48. The smallest absolute Gasteiger partial charge is 0.244 e. The van der Waals surface area contributed by atoms with E-state index in [1.807, 2.05) is 6.92 Å². The lowest BCUT2D eigenvalue weighted by Crippen LogP contribution is -2.23. The van der Waals surface area contributed by atoms with Gasteiger partial charge in [0.1, 0.15) is 4.90 Å². The van der Waals surface area contributed by atoms with Crippen LogP contribution in [-0.2, 0) is 10.0 Å². The van der Waals surface area contributed by atoms with Gasteiger partial charge in [-0.25, -0.2) is 12.7 Å². The minimum absolute atomic E-state index is 0.160. The van der Waals surface area contributed by atoms with E-state index in [1.165, 1.54) is 20.2 Å². The molecule has 0 bridgehead atoms. The van der Waals surface area contributed by atoms with Gasteiger partial charge in [-0.3, -0.25) is 0 Å². The van der Waals surface area contributed by atoms with Gasteiger partial charge in [-0.1, -0.05) is 6.07 Å². The fraction of sp³-hybridized carbons (Fsp3) is 0.333. The van der Waals surface area contributed by atoms with E-state index in [-0.39, 0.29) is 4.90 Å². The van der Waals surface area contributed by atoms with Gasteiger partial charge in [0.05, 0.1) is 5.69 Å². The van der Waals surface area contributed by atoms with Crippen molar-refractivity contribution < 1.29 is 8.42 Å². The van der Waals surface area contributed by atoms with Crippen molar-refractivity contribution in [3.8, 4) is 0 Å². The SMILES string of the molecule is Cc1ccc(S(=O)(=O)N(C)C)c(N)c1. The molecule has 0 atom stereocenters. The first-order valence-corrected chi connectivity index (χ1v) is 5.58. The van der Waals surface area contributed by atoms with Crippen LogP contribution in [0.3, 0.4) is 0 Å². The lowest BCUT2D eigenvalue weighted by atomic mass is 10.2. The van der Waals surface area contributed by atoms with Crippen molar-refractivity contribution in [1.29, 1.82) is 0 Å². The van der Waals surface area contributed by atoms with Gasteiger partial charge in [-0.2, -0.15) is 0 Å². The fourth-order valence-corrected chi connectivity index (χ4v) is 2.09. The van der Waals surface area contributed by atoms with Crippen LogP contribution in [-0.4, -0.2) is 26.8 Å². The highest BCUT2D eigenvalue weighted by atomic mass is 32.2. The van der Waals surface area contributed by atoms with E-state index in [9.17, 15) is 8.42 Å². The molecule has 0 heterocycles. The molecular formula is C9H14N2O2S. The summed E-state index contributed by atoms with van der Waals surface area (Å²) in [5.74, 6) is 0. The fourth-order valence-electron chi connectivity index (χ4n) is 1.10. The highest BCUT2D eigenvalue weighted by Gasteiger charge is 2.19. The molecule has 0 saturated heterocycles. The Morgan fingerprint density at radius 3 is 2.29 bits per heavy atom. The Morgan fingerprint density at radius 2 is 1.86 bits per heavy atom. The van der Waals surface area contributed by atoms with Gasteiger partial charge < -0.3 is 5.73 Å². The average molecular weight is 214 g/mol. The van der Waals surface area contributed by atoms with Crippen molar-refractivity contribution >= 4 is 15.7 Å². The second-order valence-electron chi connectivity index (χ2n) is 3.33. The first-order chi connectivity index (χ1) is 6.35. The zero-order chi connectivity index (χ0) is 10.9. The average Bonchev–Trinajstić information content (AvgIpc) is 2.02. The van der Waals surface area contributed by atoms with Crippen molar-refractivity contribution in [1.82, 2.24) is 4.31 Å². The van der Waals surface area contributed by atoms with Crippen molar-refractivity contribution in [2.45, 2.75) is 11.8 Å². The van der Waals surface area contributed by atoms with Crippen LogP contribution >= 0.6 is 0 Å².